The van der Waals surface area contributed by atoms with Gasteiger partial charge in [0.1, 0.15) is 5.84 Å². The number of rotatable bonds is 5. The normalized spacial score (nSPS) is 13.7. The highest BCUT2D eigenvalue weighted by atomic mass is 19.4. The minimum atomic E-state index is -4.79. The number of carbonyl (C=O) groups excluding carboxylic acids is 2. The van der Waals surface area contributed by atoms with Crippen molar-refractivity contribution in [1.82, 2.24) is 9.78 Å². The number of carbonyl (C=O) groups is 2. The summed E-state index contributed by atoms with van der Waals surface area (Å²) in [6.45, 7) is 0.732. The number of alkyl halides is 3. The number of halogens is 3. The second-order valence-electron chi connectivity index (χ2n) is 7.46. The van der Waals surface area contributed by atoms with Crippen LogP contribution >= 0.6 is 0 Å². The number of nitrogens with zero attached hydrogens (tertiary/aromatic N) is 3. The molecule has 34 heavy (non-hydrogen) atoms. The fraction of sp³-hybridized carbons (Fsp3) is 0.182. The third-order valence-electron chi connectivity index (χ3n) is 5.09. The number of hydrogen-bond acceptors (Lipinski definition) is 5. The lowest BCUT2D eigenvalue weighted by Gasteiger charge is -2.18. The second kappa shape index (κ2) is 8.89. The van der Waals surface area contributed by atoms with Crippen LogP contribution in [0.5, 0.6) is 5.88 Å². The summed E-state index contributed by atoms with van der Waals surface area (Å²) < 4.78 is 45.6. The summed E-state index contributed by atoms with van der Waals surface area (Å²) >= 11 is 0. The highest BCUT2D eigenvalue weighted by Crippen LogP contribution is 2.32. The van der Waals surface area contributed by atoms with E-state index < -0.39 is 29.8 Å². The Morgan fingerprint density at radius 1 is 1.09 bits per heavy atom. The number of nitrogens with two attached hydrogens (primary N) is 1. The molecule has 0 radical (unpaired) electrons. The largest absolute Gasteiger partial charge is 0.435 e. The first-order valence-electron chi connectivity index (χ1n) is 10.1. The van der Waals surface area contributed by atoms with Gasteiger partial charge in [0, 0.05) is 36.0 Å². The Morgan fingerprint density at radius 2 is 1.82 bits per heavy atom. The first kappa shape index (κ1) is 22.8. The number of hydrogen-bond donors (Lipinski definition) is 3. The molecule has 0 unspecified atom stereocenters. The first-order chi connectivity index (χ1) is 16.1. The minimum Gasteiger partial charge on any atom is -0.391 e. The van der Waals surface area contributed by atoms with E-state index >= 15 is 0 Å². The van der Waals surface area contributed by atoms with Crippen molar-refractivity contribution in [1.29, 1.82) is 5.41 Å². The molecular formula is C22H19F3N6O3. The maximum Gasteiger partial charge on any atom is 0.435 e. The van der Waals surface area contributed by atoms with Crippen LogP contribution < -0.4 is 20.7 Å². The van der Waals surface area contributed by atoms with Gasteiger partial charge in [-0.2, -0.15) is 23.0 Å². The standard InChI is InChI=1S/C22H19F3N6O3/c23-22(24,25)17-12-19(31(29-17)16-4-1-3-13(11-16)20(27)32)34-21(33)28-14-6-8-15(9-7-14)30-10-2-5-18(30)26/h1,3-4,6-9,11-12,26H,2,5,10H2,(H2,27,32)(H,28,33). The Bertz CT molecular complexity index is 1250. The number of benzene rings is 2. The molecule has 2 amide bonds. The van der Waals surface area contributed by atoms with E-state index in [1.807, 2.05) is 4.90 Å². The Labute approximate surface area is 191 Å². The zero-order valence-corrected chi connectivity index (χ0v) is 17.6. The monoisotopic (exact) mass is 472 g/mol. The van der Waals surface area contributed by atoms with Gasteiger partial charge in [-0.1, -0.05) is 6.07 Å². The summed E-state index contributed by atoms with van der Waals surface area (Å²) in [5, 5.41) is 13.9. The number of ether oxygens (including phenoxy) is 1. The summed E-state index contributed by atoms with van der Waals surface area (Å²) in [5.41, 5.74) is 5.19. The molecule has 0 atom stereocenters. The fourth-order valence-electron chi connectivity index (χ4n) is 3.47. The number of nitrogens with one attached hydrogen (secondary N) is 2. The van der Waals surface area contributed by atoms with Gasteiger partial charge in [-0.3, -0.25) is 15.5 Å². The number of amidine groups is 1. The molecular weight excluding hydrogens is 453 g/mol. The summed E-state index contributed by atoms with van der Waals surface area (Å²) in [6.07, 6.45) is -4.24. The number of amides is 2. The summed E-state index contributed by atoms with van der Waals surface area (Å²) in [7, 11) is 0. The number of aromatic nitrogens is 2. The van der Waals surface area contributed by atoms with Gasteiger partial charge in [0.2, 0.25) is 11.8 Å². The molecule has 1 aliphatic heterocycles. The van der Waals surface area contributed by atoms with Crippen molar-refractivity contribution in [3.63, 3.8) is 0 Å². The number of anilines is 2. The van der Waals surface area contributed by atoms with E-state index in [-0.39, 0.29) is 11.3 Å². The van der Waals surface area contributed by atoms with Crippen molar-refractivity contribution in [2.75, 3.05) is 16.8 Å². The molecule has 1 aliphatic rings. The van der Waals surface area contributed by atoms with Crippen LogP contribution in [0.2, 0.25) is 0 Å². The average molecular weight is 472 g/mol. The van der Waals surface area contributed by atoms with Crippen LogP contribution in [0, 0.1) is 5.41 Å². The van der Waals surface area contributed by atoms with E-state index in [0.717, 1.165) is 23.3 Å². The molecule has 176 valence electrons. The van der Waals surface area contributed by atoms with Gasteiger partial charge in [0.25, 0.3) is 0 Å². The van der Waals surface area contributed by atoms with E-state index in [4.69, 9.17) is 15.9 Å². The first-order valence-corrected chi connectivity index (χ1v) is 10.1. The van der Waals surface area contributed by atoms with Crippen molar-refractivity contribution in [2.24, 2.45) is 5.73 Å². The predicted octanol–water partition coefficient (Wildman–Crippen LogP) is 4.18. The van der Waals surface area contributed by atoms with Gasteiger partial charge in [0.15, 0.2) is 5.69 Å². The third kappa shape index (κ3) is 4.85. The van der Waals surface area contributed by atoms with Crippen LogP contribution in [0.15, 0.2) is 54.6 Å². The Balaban J connectivity index is 1.55. The van der Waals surface area contributed by atoms with Crippen LogP contribution in [0.4, 0.5) is 29.3 Å². The van der Waals surface area contributed by atoms with Gasteiger partial charge in [-0.25, -0.2) is 4.79 Å². The van der Waals surface area contributed by atoms with Gasteiger partial charge in [-0.15, -0.1) is 0 Å². The van der Waals surface area contributed by atoms with Crippen molar-refractivity contribution in [3.8, 4) is 11.6 Å². The lowest BCUT2D eigenvalue weighted by molar-refractivity contribution is -0.141. The van der Waals surface area contributed by atoms with E-state index in [0.29, 0.717) is 24.0 Å². The quantitative estimate of drug-likeness (QED) is 0.514. The molecule has 1 fully saturated rings. The molecule has 0 bridgehead atoms. The van der Waals surface area contributed by atoms with Gasteiger partial charge >= 0.3 is 12.3 Å². The third-order valence-corrected chi connectivity index (χ3v) is 5.09. The Kier molecular flexibility index (Phi) is 5.97. The van der Waals surface area contributed by atoms with Crippen LogP contribution in [0.1, 0.15) is 28.9 Å². The smallest absolute Gasteiger partial charge is 0.391 e. The average Bonchev–Trinajstić information content (AvgIpc) is 3.40. The second-order valence-corrected chi connectivity index (χ2v) is 7.46. The Morgan fingerprint density at radius 3 is 2.44 bits per heavy atom. The van der Waals surface area contributed by atoms with E-state index in [2.05, 4.69) is 10.4 Å². The SMILES string of the molecule is N=C1CCCN1c1ccc(NC(=O)Oc2cc(C(F)(F)F)nn2-c2cccc(C(N)=O)c2)cc1. The molecule has 0 aliphatic carbocycles. The highest BCUT2D eigenvalue weighted by Gasteiger charge is 2.36. The summed E-state index contributed by atoms with van der Waals surface area (Å²) in [4.78, 5) is 25.7. The van der Waals surface area contributed by atoms with Crippen molar-refractivity contribution >= 4 is 29.2 Å². The minimum absolute atomic E-state index is 0.0446. The summed E-state index contributed by atoms with van der Waals surface area (Å²) in [6, 6.07) is 12.6. The zero-order chi connectivity index (χ0) is 24.5. The Hall–Kier alpha value is -4.35. The lowest BCUT2D eigenvalue weighted by atomic mass is 10.2. The summed E-state index contributed by atoms with van der Waals surface area (Å²) in [5.74, 6) is -0.777. The maximum atomic E-state index is 13.3. The molecule has 4 N–H and O–H groups in total. The topological polar surface area (TPSA) is 126 Å². The molecule has 0 saturated carbocycles. The van der Waals surface area contributed by atoms with E-state index in [1.54, 1.807) is 24.3 Å². The predicted molar refractivity (Wildman–Crippen MR) is 117 cm³/mol. The van der Waals surface area contributed by atoms with E-state index in [1.165, 1.54) is 24.3 Å². The maximum absolute atomic E-state index is 13.3. The molecule has 1 aromatic heterocycles. The van der Waals surface area contributed by atoms with E-state index in [9.17, 15) is 22.8 Å². The molecule has 4 rings (SSSR count). The van der Waals surface area contributed by atoms with Gasteiger partial charge in [0.05, 0.1) is 5.69 Å². The molecule has 1 saturated heterocycles. The van der Waals surface area contributed by atoms with Crippen molar-refractivity contribution in [2.45, 2.75) is 19.0 Å². The lowest BCUT2D eigenvalue weighted by Crippen LogP contribution is -2.23. The number of primary amides is 1. The molecule has 0 spiro atoms. The van der Waals surface area contributed by atoms with Crippen molar-refractivity contribution < 1.29 is 27.5 Å². The van der Waals surface area contributed by atoms with Gasteiger partial charge in [-0.05, 0) is 48.9 Å². The van der Waals surface area contributed by atoms with Crippen LogP contribution in [-0.2, 0) is 6.18 Å². The van der Waals surface area contributed by atoms with Crippen molar-refractivity contribution in [3.05, 3.63) is 65.9 Å². The highest BCUT2D eigenvalue weighted by molar-refractivity contribution is 5.97. The van der Waals surface area contributed by atoms with Crippen LogP contribution in [0.25, 0.3) is 5.69 Å². The zero-order valence-electron chi connectivity index (χ0n) is 17.6. The molecule has 9 nitrogen and oxygen atoms in total. The van der Waals surface area contributed by atoms with Gasteiger partial charge < -0.3 is 15.4 Å². The van der Waals surface area contributed by atoms with Crippen LogP contribution in [0.3, 0.4) is 0 Å². The molecule has 12 heteroatoms. The van der Waals surface area contributed by atoms with Crippen LogP contribution in [-0.4, -0.2) is 34.2 Å². The molecule has 2 aromatic carbocycles. The fourth-order valence-corrected chi connectivity index (χ4v) is 3.47. The molecule has 2 heterocycles. The molecule has 3 aromatic rings.